The van der Waals surface area contributed by atoms with Crippen molar-refractivity contribution in [2.75, 3.05) is 0 Å². The second kappa shape index (κ2) is 3.92. The first kappa shape index (κ1) is 10.6. The lowest BCUT2D eigenvalue weighted by atomic mass is 10.2. The molecule has 0 unspecified atom stereocenters. The molecule has 0 saturated heterocycles. The van der Waals surface area contributed by atoms with Crippen LogP contribution in [0.25, 0.3) is 22.6 Å². The highest BCUT2D eigenvalue weighted by molar-refractivity contribution is 7.71. The summed E-state index contributed by atoms with van der Waals surface area (Å²) >= 11 is 4.87. The molecule has 3 aromatic rings. The summed E-state index contributed by atoms with van der Waals surface area (Å²) in [5, 5.41) is 6.63. The highest BCUT2D eigenvalue weighted by Gasteiger charge is 2.07. The van der Waals surface area contributed by atoms with Crippen molar-refractivity contribution >= 4 is 23.2 Å². The molecule has 16 heavy (non-hydrogen) atoms. The first-order valence-corrected chi connectivity index (χ1v) is 4.87. The average Bonchev–Trinajstić information content (AvgIpc) is 2.82. The van der Waals surface area contributed by atoms with Gasteiger partial charge in [0, 0.05) is 5.39 Å². The molecule has 0 aliphatic carbocycles. The van der Waals surface area contributed by atoms with Gasteiger partial charge in [0.25, 0.3) is 0 Å². The van der Waals surface area contributed by atoms with Crippen molar-refractivity contribution in [2.24, 2.45) is 0 Å². The largest absolute Gasteiger partial charge is 0.453 e. The smallest absolute Gasteiger partial charge is 0.213 e. The average molecular weight is 235 g/mol. The monoisotopic (exact) mass is 235 g/mol. The van der Waals surface area contributed by atoms with E-state index < -0.39 is 0 Å². The molecule has 4 N–H and O–H groups in total. The van der Waals surface area contributed by atoms with Crippen LogP contribution in [0.15, 0.2) is 34.7 Å². The Morgan fingerprint density at radius 3 is 2.69 bits per heavy atom. The molecule has 0 saturated carbocycles. The molecule has 6 heteroatoms. The zero-order valence-electron chi connectivity index (χ0n) is 8.15. The normalized spacial score (nSPS) is 10.2. The van der Waals surface area contributed by atoms with Gasteiger partial charge in [0.05, 0.1) is 0 Å². The number of fused-ring (bicyclic) bond motifs is 1. The van der Waals surface area contributed by atoms with Crippen LogP contribution in [-0.2, 0) is 0 Å². The van der Waals surface area contributed by atoms with Gasteiger partial charge in [-0.25, -0.2) is 0 Å². The van der Waals surface area contributed by atoms with Gasteiger partial charge in [0.1, 0.15) is 5.58 Å². The van der Waals surface area contributed by atoms with Gasteiger partial charge in [-0.1, -0.05) is 18.2 Å². The lowest BCUT2D eigenvalue weighted by Crippen LogP contribution is -1.74. The van der Waals surface area contributed by atoms with Crippen molar-refractivity contribution in [3.63, 3.8) is 0 Å². The number of rotatable bonds is 1. The molecule has 0 aliphatic heterocycles. The van der Waals surface area contributed by atoms with Gasteiger partial charge in [-0.15, -0.1) is 0 Å². The molecule has 0 atom stereocenters. The minimum atomic E-state index is 0. The Labute approximate surface area is 95.4 Å². The van der Waals surface area contributed by atoms with E-state index in [2.05, 4.69) is 15.2 Å². The zero-order valence-corrected chi connectivity index (χ0v) is 8.97. The van der Waals surface area contributed by atoms with Crippen LogP contribution in [0.3, 0.4) is 0 Å². The van der Waals surface area contributed by atoms with Crippen molar-refractivity contribution in [2.45, 2.75) is 0 Å². The number of H-pyrrole nitrogens is 2. The third-order valence-electron chi connectivity index (χ3n) is 2.16. The molecule has 0 aliphatic rings. The predicted octanol–water partition coefficient (Wildman–Crippen LogP) is 2.06. The van der Waals surface area contributed by atoms with Crippen molar-refractivity contribution in [3.8, 4) is 11.6 Å². The van der Waals surface area contributed by atoms with Crippen molar-refractivity contribution in [1.29, 1.82) is 0 Å². The van der Waals surface area contributed by atoms with E-state index in [-0.39, 0.29) is 5.48 Å². The van der Waals surface area contributed by atoms with Gasteiger partial charge in [-0.2, -0.15) is 4.98 Å². The molecule has 1 aromatic carbocycles. The standard InChI is InChI=1S/C10H7N3OS.H2O/c15-10-11-9(12-13-10)8-5-6-3-1-2-4-7(6)14-8;/h1-5H,(H2,11,12,13,15);1H2. The summed E-state index contributed by atoms with van der Waals surface area (Å²) in [4.78, 5) is 4.09. The second-order valence-corrected chi connectivity index (χ2v) is 3.55. The number of nitrogens with zero attached hydrogens (tertiary/aromatic N) is 1. The first-order chi connectivity index (χ1) is 7.33. The molecule has 2 aromatic heterocycles. The molecular weight excluding hydrogens is 226 g/mol. The minimum absolute atomic E-state index is 0. The summed E-state index contributed by atoms with van der Waals surface area (Å²) in [7, 11) is 0. The number of benzene rings is 1. The van der Waals surface area contributed by atoms with Crippen LogP contribution >= 0.6 is 12.2 Å². The lowest BCUT2D eigenvalue weighted by Gasteiger charge is -1.85. The lowest BCUT2D eigenvalue weighted by molar-refractivity contribution is 0.625. The van der Waals surface area contributed by atoms with Crippen LogP contribution in [-0.4, -0.2) is 20.7 Å². The summed E-state index contributed by atoms with van der Waals surface area (Å²) in [6.45, 7) is 0. The fourth-order valence-electron chi connectivity index (χ4n) is 1.49. The summed E-state index contributed by atoms with van der Waals surface area (Å²) in [5.41, 5.74) is 0.842. The number of hydrogen-bond acceptors (Lipinski definition) is 3. The molecule has 5 nitrogen and oxygen atoms in total. The van der Waals surface area contributed by atoms with E-state index in [0.29, 0.717) is 16.4 Å². The molecule has 0 fully saturated rings. The molecule has 82 valence electrons. The van der Waals surface area contributed by atoms with E-state index in [1.807, 2.05) is 30.3 Å². The summed E-state index contributed by atoms with van der Waals surface area (Å²) < 4.78 is 6.03. The first-order valence-electron chi connectivity index (χ1n) is 4.46. The van der Waals surface area contributed by atoms with Crippen LogP contribution in [0.4, 0.5) is 0 Å². The van der Waals surface area contributed by atoms with Crippen LogP contribution in [0, 0.1) is 4.77 Å². The van der Waals surface area contributed by atoms with Crippen LogP contribution in [0.5, 0.6) is 0 Å². The third kappa shape index (κ3) is 1.64. The molecule has 0 radical (unpaired) electrons. The van der Waals surface area contributed by atoms with E-state index in [1.165, 1.54) is 0 Å². The Balaban J connectivity index is 0.000000963. The molecule has 3 rings (SSSR count). The van der Waals surface area contributed by atoms with Crippen molar-refractivity contribution < 1.29 is 9.89 Å². The Kier molecular flexibility index (Phi) is 2.59. The van der Waals surface area contributed by atoms with Gasteiger partial charge >= 0.3 is 0 Å². The number of hydrogen-bond donors (Lipinski definition) is 2. The topological polar surface area (TPSA) is 89.1 Å². The van der Waals surface area contributed by atoms with Crippen molar-refractivity contribution in [1.82, 2.24) is 15.2 Å². The quantitative estimate of drug-likeness (QED) is 0.632. The number of aromatic nitrogens is 3. The van der Waals surface area contributed by atoms with Crippen molar-refractivity contribution in [3.05, 3.63) is 35.1 Å². The Bertz CT molecular complexity index is 635. The number of para-hydroxylation sites is 1. The highest BCUT2D eigenvalue weighted by atomic mass is 32.1. The van der Waals surface area contributed by atoms with Crippen LogP contribution < -0.4 is 0 Å². The van der Waals surface area contributed by atoms with Crippen LogP contribution in [0.2, 0.25) is 0 Å². The summed E-state index contributed by atoms with van der Waals surface area (Å²) in [6.07, 6.45) is 0. The van der Waals surface area contributed by atoms with Crippen LogP contribution in [0.1, 0.15) is 0 Å². The van der Waals surface area contributed by atoms with E-state index in [0.717, 1.165) is 11.0 Å². The molecular formula is C10H9N3O2S. The minimum Gasteiger partial charge on any atom is -0.453 e. The van der Waals surface area contributed by atoms with Gasteiger partial charge in [0.15, 0.2) is 11.6 Å². The SMILES string of the molecule is O.S=c1nc(-c2cc3ccccc3o2)[nH][nH]1. The molecule has 0 bridgehead atoms. The van der Waals surface area contributed by atoms with E-state index in [1.54, 1.807) is 0 Å². The van der Waals surface area contributed by atoms with Gasteiger partial charge in [-0.05, 0) is 24.4 Å². The third-order valence-corrected chi connectivity index (χ3v) is 2.35. The summed E-state index contributed by atoms with van der Waals surface area (Å²) in [5.74, 6) is 1.31. The Morgan fingerprint density at radius 1 is 1.19 bits per heavy atom. The summed E-state index contributed by atoms with van der Waals surface area (Å²) in [6, 6.07) is 9.73. The van der Waals surface area contributed by atoms with Gasteiger partial charge < -0.3 is 9.89 Å². The van der Waals surface area contributed by atoms with Gasteiger partial charge in [-0.3, -0.25) is 10.2 Å². The fraction of sp³-hybridized carbons (Fsp3) is 0. The fourth-order valence-corrected chi connectivity index (χ4v) is 1.63. The number of nitrogens with one attached hydrogen (secondary N) is 2. The molecule has 0 spiro atoms. The molecule has 2 heterocycles. The predicted molar refractivity (Wildman–Crippen MR) is 62.6 cm³/mol. The number of aromatic amines is 2. The second-order valence-electron chi connectivity index (χ2n) is 3.16. The Hall–Kier alpha value is -1.92. The zero-order chi connectivity index (χ0) is 10.3. The Morgan fingerprint density at radius 2 is 2.00 bits per heavy atom. The van der Waals surface area contributed by atoms with E-state index >= 15 is 0 Å². The van der Waals surface area contributed by atoms with Gasteiger partial charge in [0.2, 0.25) is 4.77 Å². The maximum Gasteiger partial charge on any atom is 0.213 e. The maximum atomic E-state index is 5.61. The molecule has 0 amide bonds. The highest BCUT2D eigenvalue weighted by Crippen LogP contribution is 2.24. The van der Waals surface area contributed by atoms with E-state index in [9.17, 15) is 0 Å². The maximum absolute atomic E-state index is 5.61. The number of furan rings is 1. The van der Waals surface area contributed by atoms with E-state index in [4.69, 9.17) is 16.6 Å².